The molecule has 1 amide bonds. The number of amides is 1. The maximum Gasteiger partial charge on any atom is 0.263 e. The normalized spacial score (nSPS) is 15.0. The first-order valence-corrected chi connectivity index (χ1v) is 13.0. The van der Waals surface area contributed by atoms with E-state index in [0.29, 0.717) is 34.3 Å². The first kappa shape index (κ1) is 22.0. The van der Waals surface area contributed by atoms with Crippen LogP contribution in [0, 0.1) is 0 Å². The van der Waals surface area contributed by atoms with E-state index in [-0.39, 0.29) is 23.3 Å². The largest absolute Gasteiger partial charge is 0.486 e. The number of carbonyl (C=O) groups is 1. The number of hydrogen-bond donors (Lipinski definition) is 0. The van der Waals surface area contributed by atoms with Crippen LogP contribution in [0.5, 0.6) is 11.5 Å². The molecule has 7 nitrogen and oxygen atoms in total. The van der Waals surface area contributed by atoms with Crippen molar-refractivity contribution in [1.82, 2.24) is 14.5 Å². The van der Waals surface area contributed by atoms with Gasteiger partial charge in [0.25, 0.3) is 5.56 Å². The number of benzene rings is 1. The monoisotopic (exact) mass is 499 g/mol. The van der Waals surface area contributed by atoms with Crippen molar-refractivity contribution in [2.24, 2.45) is 7.05 Å². The lowest BCUT2D eigenvalue weighted by Gasteiger charge is -2.29. The maximum atomic E-state index is 13.1. The Morgan fingerprint density at radius 3 is 2.85 bits per heavy atom. The fourth-order valence-corrected chi connectivity index (χ4v) is 6.31. The number of fused-ring (bicyclic) bond motifs is 2. The Morgan fingerprint density at radius 2 is 2.06 bits per heavy atom. The molecule has 5 rings (SSSR count). The Balaban J connectivity index is 1.25. The van der Waals surface area contributed by atoms with Crippen molar-refractivity contribution >= 4 is 50.6 Å². The molecule has 0 N–H and O–H groups in total. The topological polar surface area (TPSA) is 73.7 Å². The van der Waals surface area contributed by atoms with Gasteiger partial charge >= 0.3 is 0 Å². The highest BCUT2D eigenvalue weighted by molar-refractivity contribution is 7.99. The van der Waals surface area contributed by atoms with E-state index in [1.807, 2.05) is 47.2 Å². The first-order valence-electron chi connectivity index (χ1n) is 10.3. The van der Waals surface area contributed by atoms with Gasteiger partial charge in [-0.05, 0) is 23.6 Å². The highest BCUT2D eigenvalue weighted by atomic mass is 32.2. The van der Waals surface area contributed by atoms with E-state index >= 15 is 0 Å². The number of ether oxygens (including phenoxy) is 2. The van der Waals surface area contributed by atoms with E-state index in [0.717, 1.165) is 16.2 Å². The van der Waals surface area contributed by atoms with Gasteiger partial charge in [-0.15, -0.1) is 22.7 Å². The predicted molar refractivity (Wildman–Crippen MR) is 133 cm³/mol. The Bertz CT molecular complexity index is 1360. The molecular weight excluding hydrogens is 478 g/mol. The van der Waals surface area contributed by atoms with Crippen LogP contribution >= 0.6 is 34.4 Å². The molecule has 170 valence electrons. The molecule has 33 heavy (non-hydrogen) atoms. The van der Waals surface area contributed by atoms with E-state index in [9.17, 15) is 9.59 Å². The number of rotatable bonds is 6. The van der Waals surface area contributed by atoms with Crippen LogP contribution in [0.1, 0.15) is 0 Å². The Labute approximate surface area is 202 Å². The van der Waals surface area contributed by atoms with Crippen molar-refractivity contribution in [3.05, 3.63) is 57.5 Å². The number of nitrogens with zero attached hydrogens (tertiary/aromatic N) is 3. The van der Waals surface area contributed by atoms with Gasteiger partial charge in [0.15, 0.2) is 22.8 Å². The van der Waals surface area contributed by atoms with Crippen LogP contribution < -0.4 is 15.0 Å². The van der Waals surface area contributed by atoms with E-state index < -0.39 is 0 Å². The van der Waals surface area contributed by atoms with Gasteiger partial charge < -0.3 is 14.4 Å². The minimum absolute atomic E-state index is 0.0674. The molecule has 0 fully saturated rings. The summed E-state index contributed by atoms with van der Waals surface area (Å²) in [7, 11) is 3.45. The van der Waals surface area contributed by atoms with Gasteiger partial charge in [0.05, 0.1) is 17.7 Å². The van der Waals surface area contributed by atoms with E-state index in [4.69, 9.17) is 9.47 Å². The summed E-state index contributed by atoms with van der Waals surface area (Å²) in [6, 6.07) is 11.5. The van der Waals surface area contributed by atoms with Gasteiger partial charge in [-0.3, -0.25) is 14.2 Å². The zero-order chi connectivity index (χ0) is 22.9. The minimum Gasteiger partial charge on any atom is -0.486 e. The zero-order valence-electron chi connectivity index (χ0n) is 18.0. The highest BCUT2D eigenvalue weighted by Crippen LogP contribution is 2.34. The molecule has 0 radical (unpaired) electrons. The maximum absolute atomic E-state index is 13.1. The van der Waals surface area contributed by atoms with Crippen molar-refractivity contribution in [2.75, 3.05) is 26.0 Å². The van der Waals surface area contributed by atoms with Gasteiger partial charge in [-0.25, -0.2) is 4.98 Å². The molecule has 0 saturated heterocycles. The van der Waals surface area contributed by atoms with Crippen LogP contribution in [0.3, 0.4) is 0 Å². The van der Waals surface area contributed by atoms with Crippen molar-refractivity contribution in [3.63, 3.8) is 0 Å². The summed E-state index contributed by atoms with van der Waals surface area (Å²) in [5.74, 6) is 1.52. The van der Waals surface area contributed by atoms with Gasteiger partial charge in [0, 0.05) is 29.9 Å². The Kier molecular flexibility index (Phi) is 6.13. The van der Waals surface area contributed by atoms with Crippen LogP contribution in [0.15, 0.2) is 57.1 Å². The van der Waals surface area contributed by atoms with Crippen molar-refractivity contribution in [2.45, 2.75) is 11.3 Å². The fraction of sp³-hybridized carbons (Fsp3) is 0.261. The molecule has 0 bridgehead atoms. The molecule has 3 aromatic heterocycles. The van der Waals surface area contributed by atoms with E-state index in [1.165, 1.54) is 27.7 Å². The molecule has 10 heteroatoms. The lowest BCUT2D eigenvalue weighted by molar-refractivity contribution is -0.128. The molecule has 0 unspecified atom stereocenters. The minimum atomic E-state index is -0.237. The van der Waals surface area contributed by atoms with Gasteiger partial charge in [-0.1, -0.05) is 30.0 Å². The average molecular weight is 500 g/mol. The van der Waals surface area contributed by atoms with Crippen molar-refractivity contribution in [1.29, 1.82) is 0 Å². The molecule has 4 heterocycles. The molecule has 4 aromatic rings. The summed E-state index contributed by atoms with van der Waals surface area (Å²) in [5, 5.41) is 5.13. The SMILES string of the molecule is CN(C[C@H]1COc2ccccc2O1)C(=O)CSc1nc2scc(-c3cccs3)c2c(=O)n1C. The molecule has 0 aliphatic carbocycles. The second-order valence-corrected chi connectivity index (χ2v) is 10.4. The van der Waals surface area contributed by atoms with E-state index in [2.05, 4.69) is 4.98 Å². The molecular formula is C23H21N3O4S3. The van der Waals surface area contributed by atoms with Crippen LogP contribution in [-0.4, -0.2) is 52.4 Å². The predicted octanol–water partition coefficient (Wildman–Crippen LogP) is 4.11. The second-order valence-electron chi connectivity index (χ2n) is 7.63. The van der Waals surface area contributed by atoms with Crippen LogP contribution in [0.2, 0.25) is 0 Å². The summed E-state index contributed by atoms with van der Waals surface area (Å²) in [4.78, 5) is 33.9. The van der Waals surface area contributed by atoms with Crippen LogP contribution in [-0.2, 0) is 11.8 Å². The molecule has 1 aromatic carbocycles. The Morgan fingerprint density at radius 1 is 1.24 bits per heavy atom. The number of thiophene rings is 2. The third-order valence-corrected chi connectivity index (χ3v) is 8.15. The summed E-state index contributed by atoms with van der Waals surface area (Å²) >= 11 is 4.32. The number of thioether (sulfide) groups is 1. The van der Waals surface area contributed by atoms with Crippen molar-refractivity contribution in [3.8, 4) is 21.9 Å². The third kappa shape index (κ3) is 4.38. The van der Waals surface area contributed by atoms with Gasteiger partial charge in [0.1, 0.15) is 11.4 Å². The number of carbonyl (C=O) groups excluding carboxylic acids is 1. The molecule has 1 atom stereocenters. The average Bonchev–Trinajstić information content (AvgIpc) is 3.50. The standard InChI is InChI=1S/C23H21N3O4S3/c1-25(10-14-11-29-16-6-3-4-7-17(16)30-14)19(27)13-33-23-24-21-20(22(28)26(23)2)15(12-32-21)18-8-5-9-31-18/h3-9,12,14H,10-11,13H2,1-2H3/t14-/m0/s1. The smallest absolute Gasteiger partial charge is 0.263 e. The second kappa shape index (κ2) is 9.20. The summed E-state index contributed by atoms with van der Waals surface area (Å²) < 4.78 is 13.2. The number of aromatic nitrogens is 2. The van der Waals surface area contributed by atoms with Crippen LogP contribution in [0.25, 0.3) is 20.7 Å². The molecule has 1 aliphatic heterocycles. The van der Waals surface area contributed by atoms with E-state index in [1.54, 1.807) is 30.3 Å². The molecule has 0 spiro atoms. The zero-order valence-corrected chi connectivity index (χ0v) is 20.5. The molecule has 1 aliphatic rings. The van der Waals surface area contributed by atoms with Crippen LogP contribution in [0.4, 0.5) is 0 Å². The van der Waals surface area contributed by atoms with Crippen molar-refractivity contribution < 1.29 is 14.3 Å². The highest BCUT2D eigenvalue weighted by Gasteiger charge is 2.24. The third-order valence-electron chi connectivity index (χ3n) is 5.36. The quantitative estimate of drug-likeness (QED) is 0.294. The van der Waals surface area contributed by atoms with Gasteiger partial charge in [-0.2, -0.15) is 0 Å². The fourth-order valence-electron chi connectivity index (χ4n) is 3.59. The first-order chi connectivity index (χ1) is 16.0. The number of hydrogen-bond acceptors (Lipinski definition) is 8. The number of para-hydroxylation sites is 2. The summed E-state index contributed by atoms with van der Waals surface area (Å²) in [6.45, 7) is 0.799. The summed E-state index contributed by atoms with van der Waals surface area (Å²) in [5.41, 5.74) is 0.820. The molecule has 0 saturated carbocycles. The lowest BCUT2D eigenvalue weighted by atomic mass is 10.2. The number of likely N-dealkylation sites (N-methyl/N-ethyl adjacent to an activating group) is 1. The van der Waals surface area contributed by atoms with Gasteiger partial charge in [0.2, 0.25) is 5.91 Å². The summed E-state index contributed by atoms with van der Waals surface area (Å²) in [6.07, 6.45) is -0.237. The lowest BCUT2D eigenvalue weighted by Crippen LogP contribution is -2.42. The Hall–Kier alpha value is -2.82.